The Bertz CT molecular complexity index is 556. The third-order valence-corrected chi connectivity index (χ3v) is 4.71. The Hall–Kier alpha value is -1.57. The molecule has 1 aliphatic rings. The average molecular weight is 268 g/mol. The van der Waals surface area contributed by atoms with E-state index in [-0.39, 0.29) is 0 Å². The van der Waals surface area contributed by atoms with Crippen LogP contribution in [0.1, 0.15) is 39.0 Å². The van der Waals surface area contributed by atoms with Crippen LogP contribution in [-0.2, 0) is 0 Å². The Morgan fingerprint density at radius 1 is 1.00 bits per heavy atom. The summed E-state index contributed by atoms with van der Waals surface area (Å²) in [6, 6.07) is 12.5. The largest absolute Gasteiger partial charge is 0.370 e. The average Bonchev–Trinajstić information content (AvgIpc) is 2.53. The fourth-order valence-electron chi connectivity index (χ4n) is 3.26. The molecule has 106 valence electrons. The zero-order valence-electron chi connectivity index (χ0n) is 12.3. The van der Waals surface area contributed by atoms with Crippen molar-refractivity contribution in [3.05, 3.63) is 36.4 Å². The van der Waals surface area contributed by atoms with Gasteiger partial charge in [-0.05, 0) is 42.9 Å². The summed E-state index contributed by atoms with van der Waals surface area (Å²) in [6.45, 7) is 3.39. The Morgan fingerprint density at radius 3 is 2.55 bits per heavy atom. The first-order chi connectivity index (χ1) is 9.85. The number of aromatic nitrogens is 1. The molecular weight excluding hydrogens is 244 g/mol. The molecule has 0 atom stereocenters. The van der Waals surface area contributed by atoms with Gasteiger partial charge in [0.25, 0.3) is 0 Å². The fourth-order valence-corrected chi connectivity index (χ4v) is 3.26. The topological polar surface area (TPSA) is 24.9 Å². The number of benzene rings is 1. The van der Waals surface area contributed by atoms with E-state index in [0.717, 1.165) is 29.7 Å². The molecule has 20 heavy (non-hydrogen) atoms. The molecule has 0 aliphatic heterocycles. The number of hydrogen-bond donors (Lipinski definition) is 1. The molecule has 0 saturated heterocycles. The van der Waals surface area contributed by atoms with Crippen molar-refractivity contribution >= 4 is 16.7 Å². The summed E-state index contributed by atoms with van der Waals surface area (Å²) in [6.07, 6.45) is 6.92. The van der Waals surface area contributed by atoms with Crippen LogP contribution in [0.4, 0.5) is 5.82 Å². The molecular formula is C18H24N2. The lowest BCUT2D eigenvalue weighted by molar-refractivity contribution is 0.278. The maximum atomic E-state index is 4.68. The maximum absolute atomic E-state index is 4.68. The summed E-state index contributed by atoms with van der Waals surface area (Å²) in [7, 11) is 0. The third kappa shape index (κ3) is 3.12. The summed E-state index contributed by atoms with van der Waals surface area (Å²) in [5, 5.41) is 4.74. The number of hydrogen-bond acceptors (Lipinski definition) is 2. The van der Waals surface area contributed by atoms with Crippen LogP contribution in [0.25, 0.3) is 10.9 Å². The number of rotatable bonds is 4. The first kappa shape index (κ1) is 13.4. The van der Waals surface area contributed by atoms with E-state index in [4.69, 9.17) is 0 Å². The Balaban J connectivity index is 1.57. The van der Waals surface area contributed by atoms with E-state index in [0.29, 0.717) is 0 Å². The summed E-state index contributed by atoms with van der Waals surface area (Å²) in [5.74, 6) is 2.82. The minimum absolute atomic E-state index is 0.825. The predicted octanol–water partition coefficient (Wildman–Crippen LogP) is 4.86. The molecule has 2 heteroatoms. The second-order valence-corrected chi connectivity index (χ2v) is 6.07. The van der Waals surface area contributed by atoms with E-state index in [1.807, 2.05) is 6.07 Å². The van der Waals surface area contributed by atoms with Gasteiger partial charge >= 0.3 is 0 Å². The number of fused-ring (bicyclic) bond motifs is 1. The highest BCUT2D eigenvalue weighted by Crippen LogP contribution is 2.30. The van der Waals surface area contributed by atoms with Crippen LogP contribution in [0.5, 0.6) is 0 Å². The Morgan fingerprint density at radius 2 is 1.75 bits per heavy atom. The van der Waals surface area contributed by atoms with Gasteiger partial charge in [0.05, 0.1) is 5.52 Å². The quantitative estimate of drug-likeness (QED) is 0.856. The van der Waals surface area contributed by atoms with Gasteiger partial charge in [0.2, 0.25) is 0 Å². The number of nitrogens with one attached hydrogen (secondary N) is 1. The molecule has 3 rings (SSSR count). The van der Waals surface area contributed by atoms with Crippen molar-refractivity contribution in [3.8, 4) is 0 Å². The van der Waals surface area contributed by atoms with Crippen molar-refractivity contribution in [2.75, 3.05) is 11.9 Å². The molecule has 1 N–H and O–H groups in total. The standard InChI is InChI=1S/C18H24N2/c1-2-14-7-9-15(10-8-14)13-19-18-12-11-16-5-3-4-6-17(16)20-18/h3-6,11-12,14-15H,2,7-10,13H2,1H3,(H,19,20). The molecule has 0 radical (unpaired) electrons. The highest BCUT2D eigenvalue weighted by molar-refractivity contribution is 5.79. The molecule has 2 aromatic rings. The lowest BCUT2D eigenvalue weighted by Gasteiger charge is -2.28. The van der Waals surface area contributed by atoms with E-state index in [9.17, 15) is 0 Å². The van der Waals surface area contributed by atoms with Gasteiger partial charge in [-0.25, -0.2) is 4.98 Å². The highest BCUT2D eigenvalue weighted by Gasteiger charge is 2.19. The first-order valence-electron chi connectivity index (χ1n) is 7.95. The molecule has 1 aromatic carbocycles. The van der Waals surface area contributed by atoms with Crippen molar-refractivity contribution in [3.63, 3.8) is 0 Å². The molecule has 0 spiro atoms. The van der Waals surface area contributed by atoms with E-state index in [1.54, 1.807) is 0 Å². The van der Waals surface area contributed by atoms with Gasteiger partial charge in [0.1, 0.15) is 5.82 Å². The fraction of sp³-hybridized carbons (Fsp3) is 0.500. The normalized spacial score (nSPS) is 22.9. The van der Waals surface area contributed by atoms with Crippen molar-refractivity contribution in [1.82, 2.24) is 4.98 Å². The number of anilines is 1. The minimum Gasteiger partial charge on any atom is -0.370 e. The zero-order chi connectivity index (χ0) is 13.8. The van der Waals surface area contributed by atoms with E-state index in [1.165, 1.54) is 37.5 Å². The van der Waals surface area contributed by atoms with Crippen molar-refractivity contribution < 1.29 is 0 Å². The van der Waals surface area contributed by atoms with E-state index in [2.05, 4.69) is 47.6 Å². The molecule has 1 aromatic heterocycles. The maximum Gasteiger partial charge on any atom is 0.126 e. The lowest BCUT2D eigenvalue weighted by atomic mass is 9.81. The summed E-state index contributed by atoms with van der Waals surface area (Å²) < 4.78 is 0. The SMILES string of the molecule is CCC1CCC(CNc2ccc3ccccc3n2)CC1. The molecule has 2 nitrogen and oxygen atoms in total. The summed E-state index contributed by atoms with van der Waals surface area (Å²) in [5.41, 5.74) is 1.08. The molecule has 1 heterocycles. The van der Waals surface area contributed by atoms with Gasteiger partial charge in [-0.3, -0.25) is 0 Å². The second kappa shape index (κ2) is 6.25. The molecule has 1 fully saturated rings. The predicted molar refractivity (Wildman–Crippen MR) is 86.0 cm³/mol. The van der Waals surface area contributed by atoms with Crippen LogP contribution in [0.2, 0.25) is 0 Å². The summed E-state index contributed by atoms with van der Waals surface area (Å²) in [4.78, 5) is 4.68. The van der Waals surface area contributed by atoms with Crippen molar-refractivity contribution in [2.45, 2.75) is 39.0 Å². The molecule has 1 aliphatic carbocycles. The zero-order valence-corrected chi connectivity index (χ0v) is 12.3. The van der Waals surface area contributed by atoms with Gasteiger partial charge in [0.15, 0.2) is 0 Å². The number of pyridine rings is 1. The van der Waals surface area contributed by atoms with Crippen LogP contribution in [0.15, 0.2) is 36.4 Å². The highest BCUT2D eigenvalue weighted by atomic mass is 15.0. The summed E-state index contributed by atoms with van der Waals surface area (Å²) >= 11 is 0. The Labute approximate surface area is 121 Å². The second-order valence-electron chi connectivity index (χ2n) is 6.07. The number of nitrogens with zero attached hydrogens (tertiary/aromatic N) is 1. The van der Waals surface area contributed by atoms with Gasteiger partial charge in [-0.2, -0.15) is 0 Å². The third-order valence-electron chi connectivity index (χ3n) is 4.71. The van der Waals surface area contributed by atoms with Gasteiger partial charge in [0, 0.05) is 11.9 Å². The van der Waals surface area contributed by atoms with Gasteiger partial charge < -0.3 is 5.32 Å². The van der Waals surface area contributed by atoms with Crippen LogP contribution in [0.3, 0.4) is 0 Å². The molecule has 0 unspecified atom stereocenters. The smallest absolute Gasteiger partial charge is 0.126 e. The van der Waals surface area contributed by atoms with E-state index < -0.39 is 0 Å². The van der Waals surface area contributed by atoms with Crippen molar-refractivity contribution in [1.29, 1.82) is 0 Å². The van der Waals surface area contributed by atoms with Crippen LogP contribution in [0, 0.1) is 11.8 Å². The van der Waals surface area contributed by atoms with Gasteiger partial charge in [-0.1, -0.05) is 44.4 Å². The van der Waals surface area contributed by atoms with Crippen LogP contribution in [-0.4, -0.2) is 11.5 Å². The van der Waals surface area contributed by atoms with Crippen LogP contribution < -0.4 is 5.32 Å². The van der Waals surface area contributed by atoms with E-state index >= 15 is 0 Å². The van der Waals surface area contributed by atoms with Gasteiger partial charge in [-0.15, -0.1) is 0 Å². The van der Waals surface area contributed by atoms with Crippen LogP contribution >= 0.6 is 0 Å². The lowest BCUT2D eigenvalue weighted by Crippen LogP contribution is -2.21. The van der Waals surface area contributed by atoms with Crippen molar-refractivity contribution in [2.24, 2.45) is 11.8 Å². The molecule has 0 bridgehead atoms. The monoisotopic (exact) mass is 268 g/mol. The first-order valence-corrected chi connectivity index (χ1v) is 7.95. The Kier molecular flexibility index (Phi) is 4.19. The minimum atomic E-state index is 0.825. The molecule has 0 amide bonds. The number of para-hydroxylation sites is 1. The molecule has 1 saturated carbocycles.